The lowest BCUT2D eigenvalue weighted by atomic mass is 9.50. The smallest absolute Gasteiger partial charge is 0.162 e. The summed E-state index contributed by atoms with van der Waals surface area (Å²) < 4.78 is 12.3. The van der Waals surface area contributed by atoms with E-state index in [9.17, 15) is 4.79 Å². The van der Waals surface area contributed by atoms with Crippen LogP contribution in [0.5, 0.6) is 0 Å². The summed E-state index contributed by atoms with van der Waals surface area (Å²) in [6, 6.07) is 0.247. The van der Waals surface area contributed by atoms with E-state index in [1.54, 1.807) is 7.11 Å². The number of methoxy groups -OCH3 is 1. The number of rotatable bonds is 2. The van der Waals surface area contributed by atoms with E-state index in [4.69, 9.17) is 15.2 Å². The Hall–Kier alpha value is -0.450. The maximum absolute atomic E-state index is 12.8. The first kappa shape index (κ1) is 14.9. The third-order valence-electron chi connectivity index (χ3n) is 8.61. The zero-order chi connectivity index (χ0) is 16.0. The molecular formula is C19H29NO3. The molecular weight excluding hydrogens is 290 g/mol. The van der Waals surface area contributed by atoms with Crippen LogP contribution >= 0.6 is 0 Å². The summed E-state index contributed by atoms with van der Waals surface area (Å²) in [6.07, 6.45) is 7.51. The first-order chi connectivity index (χ1) is 11.1. The van der Waals surface area contributed by atoms with Crippen molar-refractivity contribution in [2.24, 2.45) is 34.3 Å². The molecule has 1 heterocycles. The zero-order valence-corrected chi connectivity index (χ0v) is 14.3. The summed E-state index contributed by atoms with van der Waals surface area (Å²) in [5.74, 6) is 1.98. The molecule has 0 aromatic rings. The fraction of sp³-hybridized carbons (Fsp3) is 0.947. The van der Waals surface area contributed by atoms with Gasteiger partial charge in [0.1, 0.15) is 6.10 Å². The van der Waals surface area contributed by atoms with Crippen molar-refractivity contribution in [2.75, 3.05) is 7.11 Å². The van der Waals surface area contributed by atoms with E-state index in [0.29, 0.717) is 30.0 Å². The maximum atomic E-state index is 12.8. The summed E-state index contributed by atoms with van der Waals surface area (Å²) in [6.45, 7) is 2.30. The lowest BCUT2D eigenvalue weighted by Gasteiger charge is -2.52. The average Bonchev–Trinajstić information content (AvgIpc) is 3.01. The second-order valence-electron chi connectivity index (χ2n) is 8.96. The molecule has 2 N–H and O–H groups in total. The molecule has 1 aliphatic heterocycles. The Kier molecular flexibility index (Phi) is 2.96. The SMILES string of the molecule is CCC12CC3CCC(OC)C4OC5C(=O)CCC(C1N)[C@@]5(C2)C34. The molecule has 0 aromatic heterocycles. The van der Waals surface area contributed by atoms with Crippen molar-refractivity contribution in [2.45, 2.75) is 76.2 Å². The van der Waals surface area contributed by atoms with Crippen LogP contribution in [0.3, 0.4) is 0 Å². The molecule has 8 unspecified atom stereocenters. The third-order valence-corrected chi connectivity index (χ3v) is 8.61. The Balaban J connectivity index is 1.68. The van der Waals surface area contributed by atoms with Gasteiger partial charge in [-0.1, -0.05) is 6.92 Å². The van der Waals surface area contributed by atoms with Crippen LogP contribution in [0.1, 0.15) is 51.9 Å². The largest absolute Gasteiger partial charge is 0.379 e. The molecule has 5 aliphatic rings. The fourth-order valence-corrected chi connectivity index (χ4v) is 7.84. The number of fused-ring (bicyclic) bond motifs is 1. The molecule has 2 bridgehead atoms. The summed E-state index contributed by atoms with van der Waals surface area (Å²) in [4.78, 5) is 12.8. The van der Waals surface area contributed by atoms with Crippen LogP contribution in [0.25, 0.3) is 0 Å². The minimum absolute atomic E-state index is 0.0234. The molecule has 23 heavy (non-hydrogen) atoms. The number of hydrogen-bond acceptors (Lipinski definition) is 4. The van der Waals surface area contributed by atoms with Gasteiger partial charge in [0.05, 0.1) is 12.2 Å². The summed E-state index contributed by atoms with van der Waals surface area (Å²) >= 11 is 0. The Bertz CT molecular complexity index is 551. The van der Waals surface area contributed by atoms with Crippen molar-refractivity contribution < 1.29 is 14.3 Å². The highest BCUT2D eigenvalue weighted by Gasteiger charge is 2.76. The monoisotopic (exact) mass is 319 g/mol. The highest BCUT2D eigenvalue weighted by molar-refractivity contribution is 5.86. The average molecular weight is 319 g/mol. The minimum Gasteiger partial charge on any atom is -0.379 e. The van der Waals surface area contributed by atoms with Crippen molar-refractivity contribution >= 4 is 5.78 Å². The van der Waals surface area contributed by atoms with E-state index >= 15 is 0 Å². The van der Waals surface area contributed by atoms with Gasteiger partial charge in [0, 0.05) is 25.0 Å². The topological polar surface area (TPSA) is 61.5 Å². The first-order valence-electron chi connectivity index (χ1n) is 9.54. The van der Waals surface area contributed by atoms with Gasteiger partial charge in [-0.2, -0.15) is 0 Å². The van der Waals surface area contributed by atoms with Gasteiger partial charge in [-0.15, -0.1) is 0 Å². The van der Waals surface area contributed by atoms with Crippen LogP contribution in [-0.2, 0) is 14.3 Å². The van der Waals surface area contributed by atoms with Crippen molar-refractivity contribution in [3.8, 4) is 0 Å². The molecule has 4 saturated carbocycles. The Morgan fingerprint density at radius 2 is 2.17 bits per heavy atom. The van der Waals surface area contributed by atoms with E-state index < -0.39 is 0 Å². The molecule has 1 spiro atoms. The number of hydrogen-bond donors (Lipinski definition) is 1. The Morgan fingerprint density at radius 1 is 1.35 bits per heavy atom. The van der Waals surface area contributed by atoms with Gasteiger partial charge in [0.25, 0.3) is 0 Å². The lowest BCUT2D eigenvalue weighted by Crippen LogP contribution is -2.54. The molecule has 0 aromatic carbocycles. The maximum Gasteiger partial charge on any atom is 0.162 e. The van der Waals surface area contributed by atoms with E-state index in [-0.39, 0.29) is 35.2 Å². The van der Waals surface area contributed by atoms with Crippen molar-refractivity contribution in [3.63, 3.8) is 0 Å². The van der Waals surface area contributed by atoms with Gasteiger partial charge >= 0.3 is 0 Å². The number of ether oxygens (including phenoxy) is 2. The standard InChI is InChI=1S/C19H29NO3/c1-3-18-8-10-4-7-13(22-2)15-14(10)19(9-18)11(16(18)20)5-6-12(21)17(19)23-15/h10-11,13-17H,3-9,20H2,1-2H3/t10?,11?,13?,14?,15?,16?,17?,18?,19-/m0/s1. The van der Waals surface area contributed by atoms with Crippen molar-refractivity contribution in [3.05, 3.63) is 0 Å². The number of Topliss-reactive ketones (excluding diaryl/α,β-unsaturated/α-hetero) is 1. The molecule has 4 nitrogen and oxygen atoms in total. The molecule has 1 saturated heterocycles. The first-order valence-corrected chi connectivity index (χ1v) is 9.54. The van der Waals surface area contributed by atoms with Crippen LogP contribution in [0.4, 0.5) is 0 Å². The van der Waals surface area contributed by atoms with E-state index in [2.05, 4.69) is 6.92 Å². The van der Waals surface area contributed by atoms with Gasteiger partial charge in [-0.05, 0) is 61.7 Å². The molecule has 0 amide bonds. The van der Waals surface area contributed by atoms with Gasteiger partial charge in [0.2, 0.25) is 0 Å². The van der Waals surface area contributed by atoms with Crippen LogP contribution in [-0.4, -0.2) is 37.2 Å². The highest BCUT2D eigenvalue weighted by Crippen LogP contribution is 2.74. The normalized spacial score (nSPS) is 60.0. The second kappa shape index (κ2) is 4.59. The van der Waals surface area contributed by atoms with Gasteiger partial charge in [-0.3, -0.25) is 4.79 Å². The van der Waals surface area contributed by atoms with E-state index in [1.807, 2.05) is 0 Å². The predicted octanol–water partition coefficient (Wildman–Crippen LogP) is 2.29. The van der Waals surface area contributed by atoms with Crippen LogP contribution in [0.2, 0.25) is 0 Å². The quantitative estimate of drug-likeness (QED) is 0.848. The fourth-order valence-electron chi connectivity index (χ4n) is 7.84. The number of ketones is 1. The molecule has 0 radical (unpaired) electrons. The minimum atomic E-state index is -0.200. The summed E-state index contributed by atoms with van der Waals surface area (Å²) in [7, 11) is 1.80. The number of nitrogens with two attached hydrogens (primary N) is 1. The van der Waals surface area contributed by atoms with Gasteiger partial charge in [0.15, 0.2) is 5.78 Å². The lowest BCUT2D eigenvalue weighted by molar-refractivity contribution is -0.143. The highest BCUT2D eigenvalue weighted by atomic mass is 16.6. The van der Waals surface area contributed by atoms with Gasteiger partial charge in [-0.25, -0.2) is 0 Å². The molecule has 4 heteroatoms. The van der Waals surface area contributed by atoms with Crippen LogP contribution in [0.15, 0.2) is 0 Å². The van der Waals surface area contributed by atoms with E-state index in [0.717, 1.165) is 25.7 Å². The zero-order valence-electron chi connectivity index (χ0n) is 14.3. The summed E-state index contributed by atoms with van der Waals surface area (Å²) in [5.41, 5.74) is 7.13. The van der Waals surface area contributed by atoms with Crippen LogP contribution in [0, 0.1) is 28.6 Å². The third kappa shape index (κ3) is 1.52. The van der Waals surface area contributed by atoms with E-state index in [1.165, 1.54) is 12.8 Å². The number of carbonyl (C=O) groups is 1. The Labute approximate surface area is 138 Å². The molecule has 4 aliphatic carbocycles. The summed E-state index contributed by atoms with van der Waals surface area (Å²) in [5, 5.41) is 0. The van der Waals surface area contributed by atoms with Crippen molar-refractivity contribution in [1.29, 1.82) is 0 Å². The molecule has 9 atom stereocenters. The Morgan fingerprint density at radius 3 is 2.91 bits per heavy atom. The molecule has 5 fully saturated rings. The second-order valence-corrected chi connectivity index (χ2v) is 8.96. The van der Waals surface area contributed by atoms with Crippen LogP contribution < -0.4 is 5.73 Å². The van der Waals surface area contributed by atoms with Gasteiger partial charge < -0.3 is 15.2 Å². The molecule has 128 valence electrons. The number of carbonyl (C=O) groups excluding carboxylic acids is 1. The van der Waals surface area contributed by atoms with Crippen molar-refractivity contribution in [1.82, 2.24) is 0 Å². The molecule has 5 rings (SSSR count). The predicted molar refractivity (Wildman–Crippen MR) is 85.8 cm³/mol.